The maximum atomic E-state index is 12.7. The van der Waals surface area contributed by atoms with Gasteiger partial charge in [0.2, 0.25) is 0 Å². The quantitative estimate of drug-likeness (QED) is 0.629. The van der Waals surface area contributed by atoms with E-state index in [1.165, 1.54) is 13.0 Å². The molecule has 0 atom stereocenters. The largest absolute Gasteiger partial charge is 0.426 e. The van der Waals surface area contributed by atoms with Gasteiger partial charge < -0.3 is 9.53 Å². The number of hydrogen-bond donors (Lipinski definition) is 0. The molecular formula is C12H10ClF3O3. The van der Waals surface area contributed by atoms with Gasteiger partial charge in [0.1, 0.15) is 11.5 Å². The van der Waals surface area contributed by atoms with Crippen molar-refractivity contribution in [3.8, 4) is 5.75 Å². The third-order valence-electron chi connectivity index (χ3n) is 2.15. The van der Waals surface area contributed by atoms with E-state index in [1.807, 2.05) is 0 Å². The van der Waals surface area contributed by atoms with Crippen molar-refractivity contribution in [2.75, 3.05) is 0 Å². The van der Waals surface area contributed by atoms with Gasteiger partial charge in [-0.05, 0) is 25.1 Å². The van der Waals surface area contributed by atoms with Gasteiger partial charge in [-0.25, -0.2) is 0 Å². The van der Waals surface area contributed by atoms with Gasteiger partial charge in [0.15, 0.2) is 0 Å². The summed E-state index contributed by atoms with van der Waals surface area (Å²) in [6, 6.07) is 2.83. The van der Waals surface area contributed by atoms with Crippen LogP contribution in [0.4, 0.5) is 13.2 Å². The van der Waals surface area contributed by atoms with Gasteiger partial charge in [-0.1, -0.05) is 11.6 Å². The van der Waals surface area contributed by atoms with Crippen LogP contribution in [0.3, 0.4) is 0 Å². The summed E-state index contributed by atoms with van der Waals surface area (Å²) in [5, 5.41) is -0.115. The Kier molecular flexibility index (Phi) is 4.94. The first-order valence-corrected chi connectivity index (χ1v) is 5.65. The third kappa shape index (κ3) is 4.90. The fraction of sp³-hybridized carbons (Fsp3) is 0.333. The summed E-state index contributed by atoms with van der Waals surface area (Å²) >= 11 is 5.48. The highest BCUT2D eigenvalue weighted by atomic mass is 35.5. The van der Waals surface area contributed by atoms with E-state index in [0.29, 0.717) is 6.07 Å². The van der Waals surface area contributed by atoms with Gasteiger partial charge in [-0.15, -0.1) is 0 Å². The van der Waals surface area contributed by atoms with Crippen molar-refractivity contribution in [2.24, 2.45) is 0 Å². The molecule has 0 saturated carbocycles. The SMILES string of the molecule is CC(=O)CCC(=O)Oc1ccc(Cl)cc1C(F)(F)F. The van der Waals surface area contributed by atoms with Crippen molar-refractivity contribution in [1.29, 1.82) is 0 Å². The number of carbonyl (C=O) groups is 2. The van der Waals surface area contributed by atoms with Crippen molar-refractivity contribution >= 4 is 23.4 Å². The predicted octanol–water partition coefficient (Wildman–Crippen LogP) is 3.63. The summed E-state index contributed by atoms with van der Waals surface area (Å²) in [4.78, 5) is 22.0. The lowest BCUT2D eigenvalue weighted by Gasteiger charge is -2.12. The number of ketones is 1. The predicted molar refractivity (Wildman–Crippen MR) is 62.0 cm³/mol. The highest BCUT2D eigenvalue weighted by molar-refractivity contribution is 6.30. The first-order chi connectivity index (χ1) is 8.70. The van der Waals surface area contributed by atoms with E-state index >= 15 is 0 Å². The zero-order chi connectivity index (χ0) is 14.6. The second-order valence-corrected chi connectivity index (χ2v) is 4.25. The summed E-state index contributed by atoms with van der Waals surface area (Å²) in [6.45, 7) is 1.27. The number of ether oxygens (including phenoxy) is 1. The molecule has 3 nitrogen and oxygen atoms in total. The third-order valence-corrected chi connectivity index (χ3v) is 2.39. The molecule has 0 bridgehead atoms. The van der Waals surface area contributed by atoms with Gasteiger partial charge in [-0.3, -0.25) is 4.79 Å². The minimum Gasteiger partial charge on any atom is -0.426 e. The van der Waals surface area contributed by atoms with Gasteiger partial charge in [-0.2, -0.15) is 13.2 Å². The minimum atomic E-state index is -4.68. The maximum absolute atomic E-state index is 12.7. The van der Waals surface area contributed by atoms with Crippen LogP contribution in [0, 0.1) is 0 Å². The minimum absolute atomic E-state index is 0.0756. The lowest BCUT2D eigenvalue weighted by atomic mass is 10.2. The Hall–Kier alpha value is -1.56. The van der Waals surface area contributed by atoms with Crippen LogP contribution < -0.4 is 4.74 Å². The first kappa shape index (κ1) is 15.5. The highest BCUT2D eigenvalue weighted by Gasteiger charge is 2.35. The number of benzene rings is 1. The Morgan fingerprint density at radius 3 is 2.42 bits per heavy atom. The molecule has 0 spiro atoms. The van der Waals surface area contributed by atoms with Gasteiger partial charge >= 0.3 is 12.1 Å². The summed E-state index contributed by atoms with van der Waals surface area (Å²) in [7, 11) is 0. The molecule has 104 valence electrons. The Balaban J connectivity index is 2.89. The molecule has 0 amide bonds. The van der Waals surface area contributed by atoms with E-state index in [4.69, 9.17) is 11.6 Å². The molecular weight excluding hydrogens is 285 g/mol. The van der Waals surface area contributed by atoms with E-state index in [9.17, 15) is 22.8 Å². The van der Waals surface area contributed by atoms with Crippen molar-refractivity contribution in [1.82, 2.24) is 0 Å². The molecule has 0 heterocycles. The number of alkyl halides is 3. The Morgan fingerprint density at radius 2 is 1.89 bits per heavy atom. The van der Waals surface area contributed by atoms with Gasteiger partial charge in [0, 0.05) is 11.4 Å². The van der Waals surface area contributed by atoms with Crippen molar-refractivity contribution in [3.63, 3.8) is 0 Å². The zero-order valence-corrected chi connectivity index (χ0v) is 10.6. The maximum Gasteiger partial charge on any atom is 0.420 e. The number of Topliss-reactive ketones (excluding diaryl/α,β-unsaturated/α-hetero) is 1. The fourth-order valence-corrected chi connectivity index (χ4v) is 1.44. The molecule has 1 aromatic carbocycles. The normalized spacial score (nSPS) is 11.2. The molecule has 1 aromatic rings. The van der Waals surface area contributed by atoms with Crippen molar-refractivity contribution in [2.45, 2.75) is 25.9 Å². The van der Waals surface area contributed by atoms with Gasteiger partial charge in [0.05, 0.1) is 12.0 Å². The number of rotatable bonds is 4. The molecule has 1 rings (SSSR count). The molecule has 0 aliphatic rings. The van der Waals surface area contributed by atoms with Crippen LogP contribution in [0.1, 0.15) is 25.3 Å². The number of esters is 1. The summed E-state index contributed by atoms with van der Waals surface area (Å²) in [5.74, 6) is -1.77. The van der Waals surface area contributed by atoms with Crippen LogP contribution in [0.15, 0.2) is 18.2 Å². The van der Waals surface area contributed by atoms with Crippen molar-refractivity contribution in [3.05, 3.63) is 28.8 Å². The van der Waals surface area contributed by atoms with Crippen LogP contribution in [0.25, 0.3) is 0 Å². The van der Waals surface area contributed by atoms with Gasteiger partial charge in [0.25, 0.3) is 0 Å². The summed E-state index contributed by atoms with van der Waals surface area (Å²) in [5.41, 5.74) is -1.13. The summed E-state index contributed by atoms with van der Waals surface area (Å²) in [6.07, 6.45) is -5.02. The second kappa shape index (κ2) is 6.06. The lowest BCUT2D eigenvalue weighted by molar-refractivity contribution is -0.143. The van der Waals surface area contributed by atoms with Crippen molar-refractivity contribution < 1.29 is 27.5 Å². The number of hydrogen-bond acceptors (Lipinski definition) is 3. The topological polar surface area (TPSA) is 43.4 Å². The molecule has 0 saturated heterocycles. The zero-order valence-electron chi connectivity index (χ0n) is 9.88. The average Bonchev–Trinajstić information content (AvgIpc) is 2.27. The van der Waals surface area contributed by atoms with E-state index in [-0.39, 0.29) is 23.6 Å². The molecule has 0 unspecified atom stereocenters. The molecule has 0 aliphatic carbocycles. The average molecular weight is 295 g/mol. The lowest BCUT2D eigenvalue weighted by Crippen LogP contribution is -2.14. The second-order valence-electron chi connectivity index (χ2n) is 3.81. The molecule has 0 aromatic heterocycles. The first-order valence-electron chi connectivity index (χ1n) is 5.27. The van der Waals surface area contributed by atoms with E-state index < -0.39 is 23.5 Å². The Labute approximate surface area is 112 Å². The van der Waals surface area contributed by atoms with E-state index in [1.54, 1.807) is 0 Å². The molecule has 0 N–H and O–H groups in total. The van der Waals surface area contributed by atoms with Crippen LogP contribution in [0.2, 0.25) is 5.02 Å². The molecule has 7 heteroatoms. The standard InChI is InChI=1S/C12H10ClF3O3/c1-7(17)2-5-11(18)19-10-4-3-8(13)6-9(10)12(14,15)16/h3-4,6H,2,5H2,1H3. The van der Waals surface area contributed by atoms with Crippen LogP contribution in [-0.4, -0.2) is 11.8 Å². The Morgan fingerprint density at radius 1 is 1.26 bits per heavy atom. The van der Waals surface area contributed by atoms with Crippen LogP contribution >= 0.6 is 11.6 Å². The number of halogens is 4. The molecule has 19 heavy (non-hydrogen) atoms. The fourth-order valence-electron chi connectivity index (χ4n) is 1.26. The molecule has 0 fully saturated rings. The van der Waals surface area contributed by atoms with Crippen LogP contribution in [-0.2, 0) is 15.8 Å². The monoisotopic (exact) mass is 294 g/mol. The highest BCUT2D eigenvalue weighted by Crippen LogP contribution is 2.37. The smallest absolute Gasteiger partial charge is 0.420 e. The number of carbonyl (C=O) groups excluding carboxylic acids is 2. The van der Waals surface area contributed by atoms with E-state index in [0.717, 1.165) is 6.07 Å². The van der Waals surface area contributed by atoms with Crippen LogP contribution in [0.5, 0.6) is 5.75 Å². The molecule has 0 radical (unpaired) electrons. The van der Waals surface area contributed by atoms with E-state index in [2.05, 4.69) is 4.74 Å². The summed E-state index contributed by atoms with van der Waals surface area (Å²) < 4.78 is 42.7. The Bertz CT molecular complexity index is 497. The molecule has 0 aliphatic heterocycles.